The first kappa shape index (κ1) is 14.4. The number of nitrogens with zero attached hydrogens (tertiary/aromatic N) is 1. The molecule has 0 aromatic heterocycles. The number of hydrogen-bond donors (Lipinski definition) is 1. The Labute approximate surface area is 113 Å². The summed E-state index contributed by atoms with van der Waals surface area (Å²) in [7, 11) is 2.10. The van der Waals surface area contributed by atoms with Crippen LogP contribution in [0.25, 0.3) is 0 Å². The SMILES string of the molecule is CC(Cc1c(F)cccc1F)NC1CC(C)N(C)C1. The van der Waals surface area contributed by atoms with Crippen molar-refractivity contribution in [3.63, 3.8) is 0 Å². The lowest BCUT2D eigenvalue weighted by Crippen LogP contribution is -2.39. The molecule has 1 N–H and O–H groups in total. The molecule has 2 nitrogen and oxygen atoms in total. The lowest BCUT2D eigenvalue weighted by Gasteiger charge is -2.20. The van der Waals surface area contributed by atoms with E-state index in [2.05, 4.69) is 24.2 Å². The van der Waals surface area contributed by atoms with Crippen LogP contribution in [0.5, 0.6) is 0 Å². The maximum absolute atomic E-state index is 13.6. The van der Waals surface area contributed by atoms with Gasteiger partial charge >= 0.3 is 0 Å². The third-order valence-electron chi connectivity index (χ3n) is 3.98. The van der Waals surface area contributed by atoms with Crippen LogP contribution in [0.2, 0.25) is 0 Å². The normalized spacial score (nSPS) is 25.7. The van der Waals surface area contributed by atoms with E-state index in [9.17, 15) is 8.78 Å². The third-order valence-corrected chi connectivity index (χ3v) is 3.98. The number of likely N-dealkylation sites (tertiary alicyclic amines) is 1. The van der Waals surface area contributed by atoms with Crippen molar-refractivity contribution in [3.8, 4) is 0 Å². The van der Waals surface area contributed by atoms with Gasteiger partial charge < -0.3 is 10.2 Å². The van der Waals surface area contributed by atoms with E-state index < -0.39 is 11.6 Å². The summed E-state index contributed by atoms with van der Waals surface area (Å²) in [5.41, 5.74) is 0.182. The van der Waals surface area contributed by atoms with Crippen LogP contribution < -0.4 is 5.32 Å². The zero-order valence-corrected chi connectivity index (χ0v) is 11.8. The molecule has 1 aromatic carbocycles. The van der Waals surface area contributed by atoms with Crippen LogP contribution in [0.1, 0.15) is 25.8 Å². The van der Waals surface area contributed by atoms with Crippen LogP contribution in [-0.2, 0) is 6.42 Å². The Morgan fingerprint density at radius 1 is 1.37 bits per heavy atom. The van der Waals surface area contributed by atoms with Gasteiger partial charge in [-0.25, -0.2) is 8.78 Å². The van der Waals surface area contributed by atoms with Crippen LogP contribution in [0.15, 0.2) is 18.2 Å². The number of benzene rings is 1. The summed E-state index contributed by atoms with van der Waals surface area (Å²) in [6, 6.07) is 5.07. The first-order chi connectivity index (χ1) is 8.97. The lowest BCUT2D eigenvalue weighted by molar-refractivity contribution is 0.324. The average Bonchev–Trinajstić information content (AvgIpc) is 2.63. The Kier molecular flexibility index (Phi) is 4.53. The van der Waals surface area contributed by atoms with Gasteiger partial charge in [-0.2, -0.15) is 0 Å². The molecule has 3 atom stereocenters. The predicted molar refractivity (Wildman–Crippen MR) is 73.2 cm³/mol. The van der Waals surface area contributed by atoms with Crippen molar-refractivity contribution in [1.29, 1.82) is 0 Å². The van der Waals surface area contributed by atoms with Gasteiger partial charge in [-0.1, -0.05) is 6.07 Å². The van der Waals surface area contributed by atoms with Gasteiger partial charge in [-0.15, -0.1) is 0 Å². The number of nitrogens with one attached hydrogen (secondary N) is 1. The Hall–Kier alpha value is -1.00. The van der Waals surface area contributed by atoms with E-state index in [1.807, 2.05) is 6.92 Å². The quantitative estimate of drug-likeness (QED) is 0.903. The van der Waals surface area contributed by atoms with Gasteiger partial charge in [0.25, 0.3) is 0 Å². The lowest BCUT2D eigenvalue weighted by atomic mass is 10.0. The minimum atomic E-state index is -0.453. The Bertz CT molecular complexity index is 406. The van der Waals surface area contributed by atoms with Gasteiger partial charge in [0, 0.05) is 30.2 Å². The predicted octanol–water partition coefficient (Wildman–Crippen LogP) is 2.58. The average molecular weight is 268 g/mol. The second kappa shape index (κ2) is 5.97. The molecule has 1 heterocycles. The van der Waals surface area contributed by atoms with E-state index in [1.165, 1.54) is 18.2 Å². The van der Waals surface area contributed by atoms with Gasteiger partial charge in [0.05, 0.1) is 0 Å². The highest BCUT2D eigenvalue weighted by Crippen LogP contribution is 2.18. The van der Waals surface area contributed by atoms with E-state index in [4.69, 9.17) is 0 Å². The molecule has 2 rings (SSSR count). The standard InChI is InChI=1S/C15H22F2N2/c1-10(18-12-8-11(2)19(3)9-12)7-13-14(16)5-4-6-15(13)17/h4-6,10-12,18H,7-9H2,1-3H3. The molecule has 1 saturated heterocycles. The van der Waals surface area contributed by atoms with Crippen LogP contribution in [0, 0.1) is 11.6 Å². The maximum Gasteiger partial charge on any atom is 0.129 e. The summed E-state index contributed by atoms with van der Waals surface area (Å²) in [5.74, 6) is -0.906. The number of likely N-dealkylation sites (N-methyl/N-ethyl adjacent to an activating group) is 1. The van der Waals surface area contributed by atoms with Crippen molar-refractivity contribution >= 4 is 0 Å². The molecule has 3 unspecified atom stereocenters. The zero-order chi connectivity index (χ0) is 14.0. The van der Waals surface area contributed by atoms with Crippen molar-refractivity contribution in [2.24, 2.45) is 0 Å². The molecule has 0 saturated carbocycles. The molecule has 0 amide bonds. The molecule has 0 spiro atoms. The number of rotatable bonds is 4. The molecule has 1 aliphatic heterocycles. The minimum Gasteiger partial charge on any atom is -0.310 e. The first-order valence-electron chi connectivity index (χ1n) is 6.86. The monoisotopic (exact) mass is 268 g/mol. The molecule has 0 aliphatic carbocycles. The Morgan fingerprint density at radius 3 is 2.53 bits per heavy atom. The van der Waals surface area contributed by atoms with Crippen LogP contribution >= 0.6 is 0 Å². The second-order valence-corrected chi connectivity index (χ2v) is 5.69. The Morgan fingerprint density at radius 2 is 2.00 bits per heavy atom. The molecule has 0 bridgehead atoms. The number of hydrogen-bond acceptors (Lipinski definition) is 2. The highest BCUT2D eigenvalue weighted by Gasteiger charge is 2.27. The largest absolute Gasteiger partial charge is 0.310 e. The fourth-order valence-corrected chi connectivity index (χ4v) is 2.81. The van der Waals surface area contributed by atoms with E-state index in [-0.39, 0.29) is 11.6 Å². The summed E-state index contributed by atoms with van der Waals surface area (Å²) in [4.78, 5) is 2.30. The van der Waals surface area contributed by atoms with Crippen molar-refractivity contribution < 1.29 is 8.78 Å². The van der Waals surface area contributed by atoms with Crippen molar-refractivity contribution in [2.75, 3.05) is 13.6 Å². The molecule has 1 aliphatic rings. The van der Waals surface area contributed by atoms with Crippen LogP contribution in [0.4, 0.5) is 8.78 Å². The van der Waals surface area contributed by atoms with Crippen LogP contribution in [-0.4, -0.2) is 36.6 Å². The van der Waals surface area contributed by atoms with Gasteiger partial charge in [-0.05, 0) is 45.9 Å². The topological polar surface area (TPSA) is 15.3 Å². The summed E-state index contributed by atoms with van der Waals surface area (Å²) in [6.45, 7) is 5.17. The molecule has 0 radical (unpaired) electrons. The van der Waals surface area contributed by atoms with E-state index in [0.29, 0.717) is 18.5 Å². The molecule has 4 heteroatoms. The minimum absolute atomic E-state index is 0.0649. The van der Waals surface area contributed by atoms with Crippen molar-refractivity contribution in [1.82, 2.24) is 10.2 Å². The van der Waals surface area contributed by atoms with E-state index >= 15 is 0 Å². The third kappa shape index (κ3) is 3.51. The number of halogens is 2. The molecule has 1 fully saturated rings. The highest BCUT2D eigenvalue weighted by atomic mass is 19.1. The molecule has 1 aromatic rings. The highest BCUT2D eigenvalue weighted by molar-refractivity contribution is 5.20. The van der Waals surface area contributed by atoms with Gasteiger partial charge in [0.15, 0.2) is 0 Å². The summed E-state index contributed by atoms with van der Waals surface area (Å²) in [5, 5.41) is 3.47. The molecular formula is C15H22F2N2. The van der Waals surface area contributed by atoms with E-state index in [0.717, 1.165) is 13.0 Å². The van der Waals surface area contributed by atoms with Gasteiger partial charge in [0.1, 0.15) is 11.6 Å². The fourth-order valence-electron chi connectivity index (χ4n) is 2.81. The maximum atomic E-state index is 13.6. The second-order valence-electron chi connectivity index (χ2n) is 5.69. The molecular weight excluding hydrogens is 246 g/mol. The molecule has 106 valence electrons. The summed E-state index contributed by atoms with van der Waals surface area (Å²) in [6.07, 6.45) is 1.47. The van der Waals surface area contributed by atoms with Crippen molar-refractivity contribution in [3.05, 3.63) is 35.4 Å². The summed E-state index contributed by atoms with van der Waals surface area (Å²) >= 11 is 0. The van der Waals surface area contributed by atoms with Crippen LogP contribution in [0.3, 0.4) is 0 Å². The zero-order valence-electron chi connectivity index (χ0n) is 11.8. The fraction of sp³-hybridized carbons (Fsp3) is 0.600. The molecule has 19 heavy (non-hydrogen) atoms. The first-order valence-corrected chi connectivity index (χ1v) is 6.86. The van der Waals surface area contributed by atoms with Gasteiger partial charge in [-0.3, -0.25) is 0 Å². The van der Waals surface area contributed by atoms with Crippen molar-refractivity contribution in [2.45, 2.75) is 44.8 Å². The van der Waals surface area contributed by atoms with Gasteiger partial charge in [0.2, 0.25) is 0 Å². The summed E-state index contributed by atoms with van der Waals surface area (Å²) < 4.78 is 27.1. The Balaban J connectivity index is 1.93. The van der Waals surface area contributed by atoms with E-state index in [1.54, 1.807) is 0 Å². The smallest absolute Gasteiger partial charge is 0.129 e.